The Kier molecular flexibility index (Phi) is 6.52. The molecule has 0 fully saturated rings. The highest BCUT2D eigenvalue weighted by Crippen LogP contribution is 2.19. The second kappa shape index (κ2) is 9.09. The molecule has 5 nitrogen and oxygen atoms in total. The molecule has 3 aromatic rings. The second-order valence-electron chi connectivity index (χ2n) is 7.04. The summed E-state index contributed by atoms with van der Waals surface area (Å²) in [6.07, 6.45) is 0.720. The van der Waals surface area contributed by atoms with Crippen LogP contribution < -0.4 is 9.62 Å². The Labute approximate surface area is 176 Å². The first-order chi connectivity index (χ1) is 14.2. The minimum Gasteiger partial charge on any atom is -0.315 e. The third-order valence-corrected chi connectivity index (χ3v) is 6.15. The third kappa shape index (κ3) is 5.45. The van der Waals surface area contributed by atoms with Gasteiger partial charge in [0.25, 0.3) is 10.0 Å². The second-order valence-corrected chi connectivity index (χ2v) is 8.73. The summed E-state index contributed by atoms with van der Waals surface area (Å²) in [5, 5.41) is 0. The highest BCUT2D eigenvalue weighted by atomic mass is 32.2. The SMILES string of the molecule is Cc1ccc(NS(=O)(=O)c2ccc(CCC(=O)N(C)c3ccc(F)cc3)cc2)cc1. The van der Waals surface area contributed by atoms with Crippen LogP contribution in [0, 0.1) is 12.7 Å². The molecule has 0 aliphatic carbocycles. The van der Waals surface area contributed by atoms with Crippen molar-refractivity contribution in [3.63, 3.8) is 0 Å². The largest absolute Gasteiger partial charge is 0.315 e. The number of aryl methyl sites for hydroxylation is 2. The van der Waals surface area contributed by atoms with E-state index in [1.807, 2.05) is 19.1 Å². The molecule has 3 rings (SSSR count). The maximum Gasteiger partial charge on any atom is 0.261 e. The molecule has 0 heterocycles. The number of carbonyl (C=O) groups excluding carboxylic acids is 1. The number of nitrogens with one attached hydrogen (secondary N) is 1. The van der Waals surface area contributed by atoms with E-state index in [0.717, 1.165) is 11.1 Å². The predicted molar refractivity (Wildman–Crippen MR) is 117 cm³/mol. The molecule has 0 aromatic heterocycles. The van der Waals surface area contributed by atoms with Crippen LogP contribution in [0.3, 0.4) is 0 Å². The quantitative estimate of drug-likeness (QED) is 0.604. The molecule has 0 unspecified atom stereocenters. The lowest BCUT2D eigenvalue weighted by molar-refractivity contribution is -0.118. The number of amides is 1. The summed E-state index contributed by atoms with van der Waals surface area (Å²) in [5.41, 5.74) is 3.01. The average Bonchev–Trinajstić information content (AvgIpc) is 2.74. The number of nitrogens with zero attached hydrogens (tertiary/aromatic N) is 1. The normalized spacial score (nSPS) is 11.2. The van der Waals surface area contributed by atoms with E-state index in [1.165, 1.54) is 29.2 Å². The van der Waals surface area contributed by atoms with Crippen LogP contribution in [-0.4, -0.2) is 21.4 Å². The lowest BCUT2D eigenvalue weighted by Gasteiger charge is -2.17. The van der Waals surface area contributed by atoms with E-state index in [9.17, 15) is 17.6 Å². The van der Waals surface area contributed by atoms with Crippen LogP contribution in [0.2, 0.25) is 0 Å². The van der Waals surface area contributed by atoms with E-state index < -0.39 is 10.0 Å². The topological polar surface area (TPSA) is 66.5 Å². The number of anilines is 2. The van der Waals surface area contributed by atoms with Crippen molar-refractivity contribution >= 4 is 27.3 Å². The minimum absolute atomic E-state index is 0.112. The Morgan fingerprint density at radius 2 is 1.53 bits per heavy atom. The Bertz CT molecular complexity index is 1110. The van der Waals surface area contributed by atoms with Gasteiger partial charge in [0.05, 0.1) is 4.90 Å². The van der Waals surface area contributed by atoms with E-state index in [-0.39, 0.29) is 23.0 Å². The van der Waals surface area contributed by atoms with Crippen LogP contribution in [-0.2, 0) is 21.2 Å². The summed E-state index contributed by atoms with van der Waals surface area (Å²) in [4.78, 5) is 14.0. The van der Waals surface area contributed by atoms with Gasteiger partial charge in [-0.05, 0) is 67.4 Å². The minimum atomic E-state index is -3.68. The average molecular weight is 427 g/mol. The fourth-order valence-electron chi connectivity index (χ4n) is 2.90. The first kappa shape index (κ1) is 21.5. The van der Waals surface area contributed by atoms with Crippen LogP contribution in [0.4, 0.5) is 15.8 Å². The van der Waals surface area contributed by atoms with Crippen molar-refractivity contribution in [2.45, 2.75) is 24.7 Å². The van der Waals surface area contributed by atoms with Gasteiger partial charge in [-0.15, -0.1) is 0 Å². The zero-order chi connectivity index (χ0) is 21.7. The number of carbonyl (C=O) groups is 1. The summed E-state index contributed by atoms with van der Waals surface area (Å²) in [5.74, 6) is -0.467. The molecule has 30 heavy (non-hydrogen) atoms. The zero-order valence-electron chi connectivity index (χ0n) is 16.8. The molecule has 0 saturated carbocycles. The van der Waals surface area contributed by atoms with Crippen LogP contribution in [0.1, 0.15) is 17.5 Å². The van der Waals surface area contributed by atoms with Gasteiger partial charge in [-0.1, -0.05) is 29.8 Å². The molecule has 0 radical (unpaired) electrons. The highest BCUT2D eigenvalue weighted by Gasteiger charge is 2.15. The van der Waals surface area contributed by atoms with E-state index in [2.05, 4.69) is 4.72 Å². The monoisotopic (exact) mass is 426 g/mol. The number of halogens is 1. The molecule has 0 saturated heterocycles. The molecule has 0 aliphatic rings. The molecule has 1 amide bonds. The van der Waals surface area contributed by atoms with Crippen molar-refractivity contribution in [1.82, 2.24) is 0 Å². The fraction of sp³-hybridized carbons (Fsp3) is 0.174. The lowest BCUT2D eigenvalue weighted by atomic mass is 10.1. The van der Waals surface area contributed by atoms with Crippen molar-refractivity contribution in [3.8, 4) is 0 Å². The number of hydrogen-bond donors (Lipinski definition) is 1. The van der Waals surface area contributed by atoms with Crippen LogP contribution >= 0.6 is 0 Å². The molecular weight excluding hydrogens is 403 g/mol. The fourth-order valence-corrected chi connectivity index (χ4v) is 3.96. The first-order valence-corrected chi connectivity index (χ1v) is 10.9. The summed E-state index contributed by atoms with van der Waals surface area (Å²) in [7, 11) is -2.04. The van der Waals surface area contributed by atoms with Crippen molar-refractivity contribution in [2.75, 3.05) is 16.7 Å². The Balaban J connectivity index is 1.60. The van der Waals surface area contributed by atoms with Crippen LogP contribution in [0.15, 0.2) is 77.7 Å². The molecule has 156 valence electrons. The van der Waals surface area contributed by atoms with Crippen molar-refractivity contribution in [3.05, 3.63) is 89.7 Å². The zero-order valence-corrected chi connectivity index (χ0v) is 17.6. The van der Waals surface area contributed by atoms with E-state index in [0.29, 0.717) is 17.8 Å². The van der Waals surface area contributed by atoms with Crippen molar-refractivity contribution in [1.29, 1.82) is 0 Å². The summed E-state index contributed by atoms with van der Waals surface area (Å²) >= 11 is 0. The van der Waals surface area contributed by atoms with E-state index >= 15 is 0 Å². The Morgan fingerprint density at radius 3 is 2.13 bits per heavy atom. The van der Waals surface area contributed by atoms with Gasteiger partial charge >= 0.3 is 0 Å². The molecular formula is C23H23FN2O3S. The molecule has 0 spiro atoms. The predicted octanol–water partition coefficient (Wildman–Crippen LogP) is 4.53. The van der Waals surface area contributed by atoms with Gasteiger partial charge < -0.3 is 4.90 Å². The first-order valence-electron chi connectivity index (χ1n) is 9.45. The van der Waals surface area contributed by atoms with Gasteiger partial charge in [0, 0.05) is 24.8 Å². The Hall–Kier alpha value is -3.19. The molecule has 3 aromatic carbocycles. The molecule has 0 bridgehead atoms. The smallest absolute Gasteiger partial charge is 0.261 e. The van der Waals surface area contributed by atoms with Gasteiger partial charge in [-0.3, -0.25) is 9.52 Å². The number of hydrogen-bond acceptors (Lipinski definition) is 3. The summed E-state index contributed by atoms with van der Waals surface area (Å²) < 4.78 is 40.6. The molecule has 1 N–H and O–H groups in total. The maximum absolute atomic E-state index is 13.0. The summed E-state index contributed by atoms with van der Waals surface area (Å²) in [6, 6.07) is 19.3. The van der Waals surface area contributed by atoms with Gasteiger partial charge in [0.2, 0.25) is 5.91 Å². The van der Waals surface area contributed by atoms with Gasteiger partial charge in [0.15, 0.2) is 0 Å². The standard InChI is InChI=1S/C23H23FN2O3S/c1-17-3-10-20(11-4-17)25-30(28,29)22-14-5-18(6-15-22)7-16-23(27)26(2)21-12-8-19(24)9-13-21/h3-6,8-15,25H,7,16H2,1-2H3. The molecule has 7 heteroatoms. The van der Waals surface area contributed by atoms with Gasteiger partial charge in [-0.25, -0.2) is 12.8 Å². The van der Waals surface area contributed by atoms with Crippen molar-refractivity contribution in [2.24, 2.45) is 0 Å². The number of rotatable bonds is 7. The van der Waals surface area contributed by atoms with E-state index in [4.69, 9.17) is 0 Å². The highest BCUT2D eigenvalue weighted by molar-refractivity contribution is 7.92. The number of benzene rings is 3. The third-order valence-electron chi connectivity index (χ3n) is 4.75. The van der Waals surface area contributed by atoms with Gasteiger partial charge in [0.1, 0.15) is 5.82 Å². The Morgan fingerprint density at radius 1 is 0.933 bits per heavy atom. The van der Waals surface area contributed by atoms with Crippen LogP contribution in [0.25, 0.3) is 0 Å². The molecule has 0 aliphatic heterocycles. The lowest BCUT2D eigenvalue weighted by Crippen LogP contribution is -2.26. The summed E-state index contributed by atoms with van der Waals surface area (Å²) in [6.45, 7) is 1.93. The van der Waals surface area contributed by atoms with Crippen LogP contribution in [0.5, 0.6) is 0 Å². The maximum atomic E-state index is 13.0. The van der Waals surface area contributed by atoms with Crippen molar-refractivity contribution < 1.29 is 17.6 Å². The van der Waals surface area contributed by atoms with E-state index in [1.54, 1.807) is 43.4 Å². The van der Waals surface area contributed by atoms with Gasteiger partial charge in [-0.2, -0.15) is 0 Å². The number of sulfonamides is 1. The molecule has 0 atom stereocenters.